The van der Waals surface area contributed by atoms with Crippen LogP contribution in [0.1, 0.15) is 24.1 Å². The third kappa shape index (κ3) is 3.39. The zero-order valence-electron chi connectivity index (χ0n) is 14.3. The van der Waals surface area contributed by atoms with Crippen LogP contribution in [0, 0.1) is 6.92 Å². The van der Waals surface area contributed by atoms with Gasteiger partial charge >= 0.3 is 7.12 Å². The van der Waals surface area contributed by atoms with Crippen molar-refractivity contribution < 1.29 is 19.2 Å². The van der Waals surface area contributed by atoms with E-state index in [0.717, 1.165) is 33.9 Å². The highest BCUT2D eigenvalue weighted by atomic mass is 16.5. The summed E-state index contributed by atoms with van der Waals surface area (Å²) >= 11 is 0. The second-order valence-corrected chi connectivity index (χ2v) is 5.92. The molecule has 1 aliphatic rings. The predicted molar refractivity (Wildman–Crippen MR) is 93.6 cm³/mol. The van der Waals surface area contributed by atoms with Gasteiger partial charge in [-0.1, -0.05) is 6.07 Å². The minimum atomic E-state index is -0.676. The molecule has 5 nitrogen and oxygen atoms in total. The van der Waals surface area contributed by atoms with Crippen molar-refractivity contribution in [3.8, 4) is 22.6 Å². The molecule has 1 aromatic heterocycles. The average molecular weight is 327 g/mol. The van der Waals surface area contributed by atoms with Crippen molar-refractivity contribution in [2.75, 3.05) is 20.3 Å². The van der Waals surface area contributed by atoms with Gasteiger partial charge < -0.3 is 19.2 Å². The summed E-state index contributed by atoms with van der Waals surface area (Å²) in [7, 11) is 0.960. The summed E-state index contributed by atoms with van der Waals surface area (Å²) in [6.07, 6.45) is 2.48. The smallest absolute Gasteiger partial charge is 0.454 e. The maximum atomic E-state index is 9.58. The molecule has 6 heteroatoms. The normalized spacial score (nSPS) is 17.2. The van der Waals surface area contributed by atoms with Crippen LogP contribution in [-0.4, -0.2) is 37.4 Å². The van der Waals surface area contributed by atoms with Gasteiger partial charge in [0.05, 0.1) is 13.7 Å². The van der Waals surface area contributed by atoms with Gasteiger partial charge in [-0.3, -0.25) is 4.98 Å². The Morgan fingerprint density at radius 2 is 2.17 bits per heavy atom. The second kappa shape index (κ2) is 7.24. The Hall–Kier alpha value is -2.05. The van der Waals surface area contributed by atoms with Crippen molar-refractivity contribution in [3.05, 3.63) is 41.7 Å². The van der Waals surface area contributed by atoms with E-state index < -0.39 is 7.12 Å². The van der Waals surface area contributed by atoms with Gasteiger partial charge in [-0.05, 0) is 49.5 Å². The number of methoxy groups -OCH3 is 1. The summed E-state index contributed by atoms with van der Waals surface area (Å²) in [5.74, 6) is 1.62. The van der Waals surface area contributed by atoms with Crippen molar-refractivity contribution in [1.29, 1.82) is 0 Å². The fourth-order valence-electron chi connectivity index (χ4n) is 3.02. The quantitative estimate of drug-likeness (QED) is 0.855. The monoisotopic (exact) mass is 327 g/mol. The van der Waals surface area contributed by atoms with E-state index in [0.29, 0.717) is 19.5 Å². The van der Waals surface area contributed by atoms with Gasteiger partial charge in [0.25, 0.3) is 0 Å². The van der Waals surface area contributed by atoms with E-state index in [1.165, 1.54) is 0 Å². The maximum Gasteiger partial charge on any atom is 0.454 e. The van der Waals surface area contributed by atoms with Crippen LogP contribution >= 0.6 is 0 Å². The highest BCUT2D eigenvalue weighted by molar-refractivity contribution is 6.43. The first-order valence-corrected chi connectivity index (χ1v) is 8.19. The molecule has 1 aliphatic heterocycles. The molecular formula is C18H22BNO4. The fraction of sp³-hybridized carbons (Fsp3) is 0.389. The van der Waals surface area contributed by atoms with Crippen molar-refractivity contribution in [1.82, 2.24) is 4.98 Å². The zero-order valence-corrected chi connectivity index (χ0v) is 14.3. The van der Waals surface area contributed by atoms with Gasteiger partial charge in [0.2, 0.25) is 0 Å². The van der Waals surface area contributed by atoms with E-state index in [4.69, 9.17) is 14.1 Å². The molecule has 1 fully saturated rings. The van der Waals surface area contributed by atoms with Gasteiger partial charge in [-0.25, -0.2) is 0 Å². The van der Waals surface area contributed by atoms with Crippen LogP contribution in [0.5, 0.6) is 11.5 Å². The number of nitrogens with zero attached hydrogens (tertiary/aromatic N) is 1. The Bertz CT molecular complexity index is 722. The molecule has 0 radical (unpaired) electrons. The standard InChI is InChI=1S/C18H22BNO4/c1-4-23-18-8-13(5-6-17(18)22-3)16-7-14(10-20-12(16)2)15-9-19(21)24-11-15/h5-8,10,15,21H,4,9,11H2,1-3H3. The van der Waals surface area contributed by atoms with Crippen LogP contribution in [0.2, 0.25) is 6.32 Å². The maximum absolute atomic E-state index is 9.58. The first-order valence-electron chi connectivity index (χ1n) is 8.19. The second-order valence-electron chi connectivity index (χ2n) is 5.92. The lowest BCUT2D eigenvalue weighted by Gasteiger charge is -2.14. The third-order valence-corrected chi connectivity index (χ3v) is 4.33. The van der Waals surface area contributed by atoms with E-state index in [1.807, 2.05) is 38.2 Å². The summed E-state index contributed by atoms with van der Waals surface area (Å²) in [6, 6.07) is 8.03. The Morgan fingerprint density at radius 1 is 1.33 bits per heavy atom. The van der Waals surface area contributed by atoms with Gasteiger partial charge in [-0.2, -0.15) is 0 Å². The number of pyridine rings is 1. The van der Waals surface area contributed by atoms with Crippen molar-refractivity contribution in [3.63, 3.8) is 0 Å². The molecule has 1 N–H and O–H groups in total. The van der Waals surface area contributed by atoms with Crippen molar-refractivity contribution in [2.45, 2.75) is 26.1 Å². The fourth-order valence-corrected chi connectivity index (χ4v) is 3.02. The van der Waals surface area contributed by atoms with Gasteiger partial charge in [-0.15, -0.1) is 0 Å². The Labute approximate surface area is 142 Å². The van der Waals surface area contributed by atoms with E-state index >= 15 is 0 Å². The lowest BCUT2D eigenvalue weighted by Crippen LogP contribution is -2.07. The molecule has 0 aliphatic carbocycles. The molecule has 3 rings (SSSR count). The lowest BCUT2D eigenvalue weighted by atomic mass is 9.79. The van der Waals surface area contributed by atoms with Crippen LogP contribution < -0.4 is 9.47 Å². The van der Waals surface area contributed by atoms with Crippen molar-refractivity contribution >= 4 is 7.12 Å². The number of aromatic nitrogens is 1. The predicted octanol–water partition coefficient (Wildman–Crippen LogP) is 3.06. The van der Waals surface area contributed by atoms with Crippen LogP contribution in [0.4, 0.5) is 0 Å². The van der Waals surface area contributed by atoms with Crippen LogP contribution in [0.3, 0.4) is 0 Å². The van der Waals surface area contributed by atoms with E-state index in [2.05, 4.69) is 11.1 Å². The van der Waals surface area contributed by atoms with Crippen LogP contribution in [0.25, 0.3) is 11.1 Å². The van der Waals surface area contributed by atoms with Crippen LogP contribution in [0.15, 0.2) is 30.5 Å². The summed E-state index contributed by atoms with van der Waals surface area (Å²) in [5.41, 5.74) is 4.12. The molecule has 1 aromatic carbocycles. The molecule has 0 amide bonds. The summed E-state index contributed by atoms with van der Waals surface area (Å²) in [4.78, 5) is 4.53. The van der Waals surface area contributed by atoms with Crippen LogP contribution in [-0.2, 0) is 4.65 Å². The average Bonchev–Trinajstić information content (AvgIpc) is 3.02. The molecule has 126 valence electrons. The van der Waals surface area contributed by atoms with E-state index in [-0.39, 0.29) is 5.92 Å². The SMILES string of the molecule is CCOc1cc(-c2cc(C3COB(O)C3)cnc2C)ccc1OC. The molecule has 2 heterocycles. The van der Waals surface area contributed by atoms with Gasteiger partial charge in [0.1, 0.15) is 0 Å². The largest absolute Gasteiger partial charge is 0.493 e. The topological polar surface area (TPSA) is 60.8 Å². The molecule has 1 saturated heterocycles. The molecule has 24 heavy (non-hydrogen) atoms. The Morgan fingerprint density at radius 3 is 2.83 bits per heavy atom. The van der Waals surface area contributed by atoms with E-state index in [9.17, 15) is 5.02 Å². The Balaban J connectivity index is 1.97. The molecule has 0 bridgehead atoms. The summed E-state index contributed by atoms with van der Waals surface area (Å²) in [6.45, 7) is 5.04. The number of hydrogen-bond acceptors (Lipinski definition) is 5. The lowest BCUT2D eigenvalue weighted by molar-refractivity contribution is 0.292. The molecule has 0 saturated carbocycles. The van der Waals surface area contributed by atoms with Crippen molar-refractivity contribution in [2.24, 2.45) is 0 Å². The van der Waals surface area contributed by atoms with Gasteiger partial charge in [0, 0.05) is 30.0 Å². The third-order valence-electron chi connectivity index (χ3n) is 4.33. The van der Waals surface area contributed by atoms with E-state index in [1.54, 1.807) is 7.11 Å². The zero-order chi connectivity index (χ0) is 17.1. The minimum absolute atomic E-state index is 0.177. The molecule has 2 aromatic rings. The molecule has 0 spiro atoms. The minimum Gasteiger partial charge on any atom is -0.493 e. The first-order chi connectivity index (χ1) is 11.6. The number of aryl methyl sites for hydroxylation is 1. The number of hydrogen-bond donors (Lipinski definition) is 1. The first kappa shape index (κ1) is 16.8. The van der Waals surface area contributed by atoms with Gasteiger partial charge in [0.15, 0.2) is 11.5 Å². The number of rotatable bonds is 5. The number of benzene rings is 1. The molecular weight excluding hydrogens is 305 g/mol. The number of ether oxygens (including phenoxy) is 2. The summed E-state index contributed by atoms with van der Waals surface area (Å²) in [5, 5.41) is 9.58. The highest BCUT2D eigenvalue weighted by Crippen LogP contribution is 2.35. The highest BCUT2D eigenvalue weighted by Gasteiger charge is 2.30. The summed E-state index contributed by atoms with van der Waals surface area (Å²) < 4.78 is 16.3. The molecule has 1 unspecified atom stereocenters. The Kier molecular flexibility index (Phi) is 5.07. The molecule has 1 atom stereocenters.